The monoisotopic (exact) mass is 340 g/mol. The number of fused-ring (bicyclic) bond motifs is 1. The van der Waals surface area contributed by atoms with Crippen LogP contribution >= 0.6 is 29.5 Å². The Hall–Kier alpha value is 1.14. The Morgan fingerprint density at radius 3 is 2.83 bits per heavy atom. The molecular formula is C8H9Cl3Te. The molecule has 0 aromatic rings. The molecule has 0 aromatic carbocycles. The number of hydrogen-bond donors (Lipinski definition) is 0. The van der Waals surface area contributed by atoms with E-state index in [0.717, 1.165) is 12.8 Å². The Morgan fingerprint density at radius 2 is 2.17 bits per heavy atom. The van der Waals surface area contributed by atoms with E-state index in [1.165, 1.54) is 15.6 Å². The van der Waals surface area contributed by atoms with Gasteiger partial charge in [-0.2, -0.15) is 0 Å². The molecule has 0 spiro atoms. The van der Waals surface area contributed by atoms with E-state index in [2.05, 4.69) is 12.2 Å². The van der Waals surface area contributed by atoms with Gasteiger partial charge < -0.3 is 0 Å². The minimum atomic E-state index is -2.86. The van der Waals surface area contributed by atoms with Crippen molar-refractivity contribution in [3.8, 4) is 0 Å². The van der Waals surface area contributed by atoms with Gasteiger partial charge in [0.2, 0.25) is 0 Å². The van der Waals surface area contributed by atoms with Gasteiger partial charge in [-0.15, -0.1) is 0 Å². The number of halogens is 3. The van der Waals surface area contributed by atoms with Crippen LogP contribution in [-0.4, -0.2) is 19.4 Å². The fourth-order valence-electron chi connectivity index (χ4n) is 1.60. The van der Waals surface area contributed by atoms with Gasteiger partial charge in [-0.1, -0.05) is 0 Å². The topological polar surface area (TPSA) is 0 Å². The second-order valence-electron chi connectivity index (χ2n) is 3.01. The third-order valence-corrected chi connectivity index (χ3v) is 15.1. The standard InChI is InChI=1S/C8H9Cl3Te/c9-8-5-6-3-1-2-4-7(6)12(8,10)11/h4-5,8H,1-3H2. The molecule has 0 amide bonds. The summed E-state index contributed by atoms with van der Waals surface area (Å²) < 4.78 is 1.16. The Labute approximate surface area is 88.8 Å². The fraction of sp³-hybridized carbons (Fsp3) is 0.500. The normalized spacial score (nSPS) is 35.1. The second kappa shape index (κ2) is 3.37. The summed E-state index contributed by atoms with van der Waals surface area (Å²) in [5.74, 6) is 0. The van der Waals surface area contributed by atoms with Gasteiger partial charge in [0.15, 0.2) is 0 Å². The van der Waals surface area contributed by atoms with E-state index in [4.69, 9.17) is 29.5 Å². The molecule has 0 bridgehead atoms. The second-order valence-corrected chi connectivity index (χ2v) is 17.5. The van der Waals surface area contributed by atoms with E-state index in [-0.39, 0.29) is 3.43 Å². The number of allylic oxidation sites excluding steroid dienone is 4. The van der Waals surface area contributed by atoms with E-state index in [9.17, 15) is 0 Å². The molecule has 68 valence electrons. The Bertz CT molecular complexity index is 267. The molecule has 12 heavy (non-hydrogen) atoms. The third-order valence-electron chi connectivity index (χ3n) is 2.20. The average Bonchev–Trinajstić information content (AvgIpc) is 2.25. The fourth-order valence-corrected chi connectivity index (χ4v) is 9.36. The molecule has 0 fully saturated rings. The van der Waals surface area contributed by atoms with E-state index in [0.29, 0.717) is 0 Å². The predicted molar refractivity (Wildman–Crippen MR) is 57.1 cm³/mol. The zero-order valence-corrected chi connectivity index (χ0v) is 11.0. The van der Waals surface area contributed by atoms with Crippen LogP contribution in [-0.2, 0) is 0 Å². The van der Waals surface area contributed by atoms with Gasteiger partial charge in [0, 0.05) is 0 Å². The molecular weight excluding hydrogens is 330 g/mol. The van der Waals surface area contributed by atoms with Gasteiger partial charge >= 0.3 is 89.5 Å². The molecule has 1 atom stereocenters. The molecule has 0 N–H and O–H groups in total. The minimum absolute atomic E-state index is 0.0737. The van der Waals surface area contributed by atoms with Crippen LogP contribution in [0, 0.1) is 0 Å². The molecule has 2 rings (SSSR count). The van der Waals surface area contributed by atoms with Crippen molar-refractivity contribution in [2.24, 2.45) is 0 Å². The van der Waals surface area contributed by atoms with Crippen molar-refractivity contribution in [1.29, 1.82) is 0 Å². The van der Waals surface area contributed by atoms with Crippen molar-refractivity contribution in [2.75, 3.05) is 0 Å². The molecule has 4 heteroatoms. The summed E-state index contributed by atoms with van der Waals surface area (Å²) in [6, 6.07) is 0. The van der Waals surface area contributed by atoms with Gasteiger partial charge in [0.05, 0.1) is 0 Å². The molecule has 2 aliphatic rings. The first-order chi connectivity index (χ1) is 5.62. The summed E-state index contributed by atoms with van der Waals surface area (Å²) in [5, 5.41) is 0. The molecule has 0 nitrogen and oxygen atoms in total. The SMILES string of the molecule is ClC1C=C2CCCC=C2[Te]1(Cl)Cl. The summed E-state index contributed by atoms with van der Waals surface area (Å²) >= 11 is 3.22. The van der Waals surface area contributed by atoms with Crippen molar-refractivity contribution in [3.63, 3.8) is 0 Å². The zero-order chi connectivity index (χ0) is 8.77. The van der Waals surface area contributed by atoms with Crippen LogP contribution in [0.1, 0.15) is 19.3 Å². The summed E-state index contributed by atoms with van der Waals surface area (Å²) in [5.41, 5.74) is 1.33. The van der Waals surface area contributed by atoms with Crippen LogP contribution in [0.4, 0.5) is 0 Å². The molecule has 1 unspecified atom stereocenters. The molecule has 1 aliphatic carbocycles. The molecule has 0 radical (unpaired) electrons. The maximum atomic E-state index is 6.29. The van der Waals surface area contributed by atoms with Crippen molar-refractivity contribution in [3.05, 3.63) is 21.3 Å². The molecule has 0 aromatic heterocycles. The van der Waals surface area contributed by atoms with Crippen molar-refractivity contribution < 1.29 is 0 Å². The van der Waals surface area contributed by atoms with Crippen LogP contribution in [0.2, 0.25) is 0 Å². The van der Waals surface area contributed by atoms with Crippen molar-refractivity contribution >= 4 is 45.5 Å². The first-order valence-electron chi connectivity index (χ1n) is 3.89. The maximum absolute atomic E-state index is 6.29. The van der Waals surface area contributed by atoms with E-state index in [1.54, 1.807) is 0 Å². The molecule has 1 aliphatic heterocycles. The molecule has 1 heterocycles. The average molecular weight is 339 g/mol. The van der Waals surface area contributed by atoms with E-state index in [1.807, 2.05) is 0 Å². The zero-order valence-electron chi connectivity index (χ0n) is 6.40. The number of rotatable bonds is 0. The van der Waals surface area contributed by atoms with Gasteiger partial charge in [-0.25, -0.2) is 0 Å². The van der Waals surface area contributed by atoms with Crippen LogP contribution in [0.15, 0.2) is 21.3 Å². The summed E-state index contributed by atoms with van der Waals surface area (Å²) in [6.45, 7) is 0. The Kier molecular flexibility index (Phi) is 2.72. The van der Waals surface area contributed by atoms with E-state index >= 15 is 0 Å². The summed E-state index contributed by atoms with van der Waals surface area (Å²) in [7, 11) is 12.6. The van der Waals surface area contributed by atoms with Gasteiger partial charge in [-0.05, 0) is 0 Å². The van der Waals surface area contributed by atoms with Crippen LogP contribution in [0.3, 0.4) is 0 Å². The Balaban J connectivity index is 2.41. The predicted octanol–water partition coefficient (Wildman–Crippen LogP) is 3.64. The molecule has 0 saturated heterocycles. The number of hydrogen-bond acceptors (Lipinski definition) is 0. The summed E-state index contributed by atoms with van der Waals surface area (Å²) in [6.07, 6.45) is 7.70. The van der Waals surface area contributed by atoms with Crippen LogP contribution < -0.4 is 0 Å². The van der Waals surface area contributed by atoms with Gasteiger partial charge in [-0.3, -0.25) is 0 Å². The first kappa shape index (κ1) is 9.69. The van der Waals surface area contributed by atoms with E-state index < -0.39 is 15.9 Å². The molecule has 0 saturated carbocycles. The van der Waals surface area contributed by atoms with Crippen LogP contribution in [0.5, 0.6) is 0 Å². The van der Waals surface area contributed by atoms with Crippen LogP contribution in [0.25, 0.3) is 0 Å². The van der Waals surface area contributed by atoms with Gasteiger partial charge in [0.25, 0.3) is 0 Å². The van der Waals surface area contributed by atoms with Crippen molar-refractivity contribution in [1.82, 2.24) is 0 Å². The summed E-state index contributed by atoms with van der Waals surface area (Å²) in [4.78, 5) is 0. The number of alkyl halides is 1. The third kappa shape index (κ3) is 1.45. The Morgan fingerprint density at radius 1 is 1.42 bits per heavy atom. The quantitative estimate of drug-likeness (QED) is 0.467. The van der Waals surface area contributed by atoms with Gasteiger partial charge in [0.1, 0.15) is 0 Å². The first-order valence-corrected chi connectivity index (χ1v) is 12.7. The van der Waals surface area contributed by atoms with Crippen molar-refractivity contribution in [2.45, 2.75) is 22.7 Å².